The van der Waals surface area contributed by atoms with Crippen LogP contribution in [0.5, 0.6) is 0 Å². The van der Waals surface area contributed by atoms with E-state index in [9.17, 15) is 0 Å². The quantitative estimate of drug-likeness (QED) is 0.593. The van der Waals surface area contributed by atoms with E-state index in [0.29, 0.717) is 6.04 Å². The molecule has 0 saturated carbocycles. The van der Waals surface area contributed by atoms with E-state index in [2.05, 4.69) is 65.4 Å². The lowest BCUT2D eigenvalue weighted by Gasteiger charge is -2.27. The maximum absolute atomic E-state index is 2.45. The van der Waals surface area contributed by atoms with Crippen molar-refractivity contribution in [3.63, 3.8) is 0 Å². The van der Waals surface area contributed by atoms with Gasteiger partial charge in [-0.1, -0.05) is 42.5 Å². The fourth-order valence-electron chi connectivity index (χ4n) is 3.39. The number of fused-ring (bicyclic) bond motifs is 2. The average Bonchev–Trinajstić information content (AvgIpc) is 2.90. The van der Waals surface area contributed by atoms with E-state index in [1.807, 2.05) is 0 Å². The van der Waals surface area contributed by atoms with Crippen LogP contribution in [0.25, 0.3) is 10.9 Å². The molecule has 1 heteroatoms. The van der Waals surface area contributed by atoms with Gasteiger partial charge in [-0.3, -0.25) is 0 Å². The molecular formula is C18H17N. The Kier molecular flexibility index (Phi) is 2.44. The molecule has 1 nitrogen and oxygen atoms in total. The van der Waals surface area contributed by atoms with Crippen molar-refractivity contribution in [3.05, 3.63) is 71.9 Å². The van der Waals surface area contributed by atoms with Crippen LogP contribution in [0.3, 0.4) is 0 Å². The van der Waals surface area contributed by atoms with Gasteiger partial charge in [0, 0.05) is 11.7 Å². The molecule has 4 rings (SSSR count). The summed E-state index contributed by atoms with van der Waals surface area (Å²) < 4.78 is 2.45. The Morgan fingerprint density at radius 1 is 0.895 bits per heavy atom. The van der Waals surface area contributed by atoms with Crippen molar-refractivity contribution >= 4 is 10.9 Å². The molecule has 1 aromatic heterocycles. The first kappa shape index (κ1) is 10.9. The molecule has 1 unspecified atom stereocenters. The highest BCUT2D eigenvalue weighted by Crippen LogP contribution is 2.35. The third-order valence-corrected chi connectivity index (χ3v) is 4.30. The van der Waals surface area contributed by atoms with Crippen LogP contribution < -0.4 is 0 Å². The summed E-state index contributed by atoms with van der Waals surface area (Å²) in [5.41, 5.74) is 4.39. The summed E-state index contributed by atoms with van der Waals surface area (Å²) in [6.45, 7) is 0. The van der Waals surface area contributed by atoms with E-state index >= 15 is 0 Å². The van der Waals surface area contributed by atoms with Gasteiger partial charge in [-0.2, -0.15) is 0 Å². The number of benzene rings is 2. The normalized spacial score (nSPS) is 18.4. The van der Waals surface area contributed by atoms with Gasteiger partial charge in [-0.15, -0.1) is 0 Å². The Labute approximate surface area is 113 Å². The number of nitrogens with zero attached hydrogens (tertiary/aromatic N) is 1. The lowest BCUT2D eigenvalue weighted by atomic mass is 9.87. The highest BCUT2D eigenvalue weighted by atomic mass is 15.0. The fraction of sp³-hybridized carbons (Fsp3) is 0.222. The van der Waals surface area contributed by atoms with Crippen LogP contribution in [0.4, 0.5) is 0 Å². The Balaban J connectivity index is 1.90. The Morgan fingerprint density at radius 3 is 2.74 bits per heavy atom. The van der Waals surface area contributed by atoms with Crippen LogP contribution in [0.1, 0.15) is 30.0 Å². The SMILES string of the molecule is c1ccc2c(c1)CCCC2n1ccc2ccccc21. The van der Waals surface area contributed by atoms with Crippen LogP contribution in [-0.2, 0) is 6.42 Å². The molecule has 0 aliphatic heterocycles. The number of hydrogen-bond donors (Lipinski definition) is 0. The third kappa shape index (κ3) is 1.69. The predicted molar refractivity (Wildman–Crippen MR) is 79.5 cm³/mol. The van der Waals surface area contributed by atoms with Crippen LogP contribution in [-0.4, -0.2) is 4.57 Å². The minimum absolute atomic E-state index is 0.504. The molecule has 1 atom stereocenters. The van der Waals surface area contributed by atoms with Crippen LogP contribution in [0.2, 0.25) is 0 Å². The molecule has 19 heavy (non-hydrogen) atoms. The second-order valence-corrected chi connectivity index (χ2v) is 5.39. The van der Waals surface area contributed by atoms with Crippen molar-refractivity contribution in [2.45, 2.75) is 25.3 Å². The van der Waals surface area contributed by atoms with Gasteiger partial charge in [0.05, 0.1) is 6.04 Å². The first-order valence-corrected chi connectivity index (χ1v) is 7.07. The molecule has 0 spiro atoms. The molecule has 0 radical (unpaired) electrons. The van der Waals surface area contributed by atoms with Crippen molar-refractivity contribution in [2.24, 2.45) is 0 Å². The van der Waals surface area contributed by atoms with Crippen molar-refractivity contribution in [1.29, 1.82) is 0 Å². The van der Waals surface area contributed by atoms with E-state index in [0.717, 1.165) is 0 Å². The van der Waals surface area contributed by atoms with E-state index in [-0.39, 0.29) is 0 Å². The standard InChI is InChI=1S/C18H17N/c1-3-9-16-14(6-1)8-5-11-18(16)19-13-12-15-7-2-4-10-17(15)19/h1-4,6-7,9-10,12-13,18H,5,8,11H2. The highest BCUT2D eigenvalue weighted by Gasteiger charge is 2.21. The van der Waals surface area contributed by atoms with Gasteiger partial charge in [0.2, 0.25) is 0 Å². The third-order valence-electron chi connectivity index (χ3n) is 4.30. The minimum Gasteiger partial charge on any atom is -0.340 e. The van der Waals surface area contributed by atoms with Crippen molar-refractivity contribution in [1.82, 2.24) is 4.57 Å². The summed E-state index contributed by atoms with van der Waals surface area (Å²) in [7, 11) is 0. The number of aromatic nitrogens is 1. The molecule has 2 aromatic carbocycles. The lowest BCUT2D eigenvalue weighted by molar-refractivity contribution is 0.502. The van der Waals surface area contributed by atoms with Gasteiger partial charge >= 0.3 is 0 Å². The molecule has 0 N–H and O–H groups in total. The minimum atomic E-state index is 0.504. The van der Waals surface area contributed by atoms with E-state index < -0.39 is 0 Å². The van der Waals surface area contributed by atoms with Gasteiger partial charge in [0.25, 0.3) is 0 Å². The molecule has 94 valence electrons. The lowest BCUT2D eigenvalue weighted by Crippen LogP contribution is -2.16. The fourth-order valence-corrected chi connectivity index (χ4v) is 3.39. The van der Waals surface area contributed by atoms with Gasteiger partial charge < -0.3 is 4.57 Å². The van der Waals surface area contributed by atoms with Gasteiger partial charge in [-0.05, 0) is 47.9 Å². The largest absolute Gasteiger partial charge is 0.340 e. The van der Waals surface area contributed by atoms with Crippen molar-refractivity contribution < 1.29 is 0 Å². The smallest absolute Gasteiger partial charge is 0.0588 e. The van der Waals surface area contributed by atoms with Crippen molar-refractivity contribution in [3.8, 4) is 0 Å². The first-order chi connectivity index (χ1) is 9.43. The maximum Gasteiger partial charge on any atom is 0.0588 e. The molecule has 1 aliphatic rings. The number of para-hydroxylation sites is 1. The van der Waals surface area contributed by atoms with Crippen LogP contribution >= 0.6 is 0 Å². The summed E-state index contributed by atoms with van der Waals surface area (Å²) in [5.74, 6) is 0. The van der Waals surface area contributed by atoms with Gasteiger partial charge in [0.15, 0.2) is 0 Å². The molecule has 3 aromatic rings. The zero-order valence-corrected chi connectivity index (χ0v) is 10.9. The topological polar surface area (TPSA) is 4.93 Å². The second-order valence-electron chi connectivity index (χ2n) is 5.39. The Bertz CT molecular complexity index is 723. The second kappa shape index (κ2) is 4.27. The average molecular weight is 247 g/mol. The zero-order chi connectivity index (χ0) is 12.7. The molecule has 0 bridgehead atoms. The molecule has 0 amide bonds. The summed E-state index contributed by atoms with van der Waals surface area (Å²) >= 11 is 0. The van der Waals surface area contributed by atoms with Crippen LogP contribution in [0, 0.1) is 0 Å². The molecule has 0 fully saturated rings. The molecule has 0 saturated heterocycles. The number of rotatable bonds is 1. The van der Waals surface area contributed by atoms with Gasteiger partial charge in [-0.25, -0.2) is 0 Å². The summed E-state index contributed by atoms with van der Waals surface area (Å²) in [5, 5.41) is 1.34. The molecule has 1 heterocycles. The summed E-state index contributed by atoms with van der Waals surface area (Å²) in [6, 6.07) is 20.3. The zero-order valence-electron chi connectivity index (χ0n) is 10.9. The first-order valence-electron chi connectivity index (χ1n) is 7.07. The van der Waals surface area contributed by atoms with E-state index in [1.54, 1.807) is 0 Å². The summed E-state index contributed by atoms with van der Waals surface area (Å²) in [4.78, 5) is 0. The van der Waals surface area contributed by atoms with Crippen LogP contribution in [0.15, 0.2) is 60.8 Å². The monoisotopic (exact) mass is 247 g/mol. The number of hydrogen-bond acceptors (Lipinski definition) is 0. The Hall–Kier alpha value is -2.02. The van der Waals surface area contributed by atoms with Crippen molar-refractivity contribution in [2.75, 3.05) is 0 Å². The predicted octanol–water partition coefficient (Wildman–Crippen LogP) is 4.57. The molecular weight excluding hydrogens is 230 g/mol. The number of aryl methyl sites for hydroxylation is 1. The highest BCUT2D eigenvalue weighted by molar-refractivity contribution is 5.80. The Morgan fingerprint density at radius 2 is 1.74 bits per heavy atom. The van der Waals surface area contributed by atoms with E-state index in [1.165, 1.54) is 41.3 Å². The van der Waals surface area contributed by atoms with E-state index in [4.69, 9.17) is 0 Å². The maximum atomic E-state index is 2.45. The summed E-state index contributed by atoms with van der Waals surface area (Å²) in [6.07, 6.45) is 6.01. The van der Waals surface area contributed by atoms with Gasteiger partial charge in [0.1, 0.15) is 0 Å². The molecule has 1 aliphatic carbocycles.